The normalized spacial score (nSPS) is 17.2. The van der Waals surface area contributed by atoms with Gasteiger partial charge >= 0.3 is 0 Å². The molecular weight excluding hydrogens is 324 g/mol. The Morgan fingerprint density at radius 1 is 1.25 bits per heavy atom. The molecule has 1 heterocycles. The van der Waals surface area contributed by atoms with E-state index in [1.165, 1.54) is 0 Å². The number of rotatable bonds is 4. The van der Waals surface area contributed by atoms with Crippen molar-refractivity contribution in [2.75, 3.05) is 11.4 Å². The van der Waals surface area contributed by atoms with Gasteiger partial charge in [0.1, 0.15) is 0 Å². The molecule has 5 heteroatoms. The first-order chi connectivity index (χ1) is 11.5. The zero-order valence-electron chi connectivity index (χ0n) is 13.5. The van der Waals surface area contributed by atoms with Crippen molar-refractivity contribution in [3.8, 4) is 0 Å². The lowest BCUT2D eigenvalue weighted by molar-refractivity contribution is -0.126. The molecule has 3 rings (SSSR count). The Balaban J connectivity index is 1.63. The summed E-state index contributed by atoms with van der Waals surface area (Å²) in [5.41, 5.74) is 2.75. The fourth-order valence-corrected chi connectivity index (χ4v) is 2.99. The Labute approximate surface area is 146 Å². The molecule has 2 aromatic rings. The average Bonchev–Trinajstić information content (AvgIpc) is 2.98. The van der Waals surface area contributed by atoms with Crippen LogP contribution < -0.4 is 10.2 Å². The molecule has 1 atom stereocenters. The summed E-state index contributed by atoms with van der Waals surface area (Å²) in [7, 11) is 0. The SMILES string of the molecule is Cc1ccc(N2CC(C(=O)NCc3ccccc3)CC2=O)cc1Cl. The molecule has 24 heavy (non-hydrogen) atoms. The number of benzene rings is 2. The minimum atomic E-state index is -0.332. The summed E-state index contributed by atoms with van der Waals surface area (Å²) in [5, 5.41) is 3.53. The summed E-state index contributed by atoms with van der Waals surface area (Å²) in [6, 6.07) is 15.2. The van der Waals surface area contributed by atoms with Crippen LogP contribution in [0.3, 0.4) is 0 Å². The van der Waals surface area contributed by atoms with Crippen LogP contribution in [0.2, 0.25) is 5.02 Å². The van der Waals surface area contributed by atoms with Crippen molar-refractivity contribution in [3.05, 3.63) is 64.7 Å². The van der Waals surface area contributed by atoms with Gasteiger partial charge in [0, 0.05) is 30.2 Å². The van der Waals surface area contributed by atoms with Gasteiger partial charge in [0.15, 0.2) is 0 Å². The quantitative estimate of drug-likeness (QED) is 0.926. The van der Waals surface area contributed by atoms with E-state index in [9.17, 15) is 9.59 Å². The van der Waals surface area contributed by atoms with Gasteiger partial charge in [-0.25, -0.2) is 0 Å². The lowest BCUT2D eigenvalue weighted by atomic mass is 10.1. The molecule has 4 nitrogen and oxygen atoms in total. The lowest BCUT2D eigenvalue weighted by Gasteiger charge is -2.17. The van der Waals surface area contributed by atoms with E-state index in [-0.39, 0.29) is 24.2 Å². The van der Waals surface area contributed by atoms with Gasteiger partial charge in [-0.1, -0.05) is 48.0 Å². The van der Waals surface area contributed by atoms with Crippen LogP contribution in [0, 0.1) is 12.8 Å². The second-order valence-corrected chi connectivity index (χ2v) is 6.45. The minimum absolute atomic E-state index is 0.0465. The first-order valence-electron chi connectivity index (χ1n) is 7.93. The Morgan fingerprint density at radius 3 is 2.71 bits per heavy atom. The molecule has 2 amide bonds. The first-order valence-corrected chi connectivity index (χ1v) is 8.30. The summed E-state index contributed by atoms with van der Waals surface area (Å²) < 4.78 is 0. The van der Waals surface area contributed by atoms with Crippen LogP contribution in [-0.4, -0.2) is 18.4 Å². The summed E-state index contributed by atoms with van der Waals surface area (Å²) in [6.45, 7) is 2.78. The van der Waals surface area contributed by atoms with Gasteiger partial charge in [0.05, 0.1) is 5.92 Å². The molecule has 0 aliphatic carbocycles. The molecule has 1 saturated heterocycles. The molecule has 1 fully saturated rings. The number of carbonyl (C=O) groups is 2. The van der Waals surface area contributed by atoms with Gasteiger partial charge in [0.25, 0.3) is 0 Å². The van der Waals surface area contributed by atoms with Crippen LogP contribution in [0.4, 0.5) is 5.69 Å². The smallest absolute Gasteiger partial charge is 0.227 e. The highest BCUT2D eigenvalue weighted by molar-refractivity contribution is 6.31. The van der Waals surface area contributed by atoms with E-state index in [0.717, 1.165) is 16.8 Å². The van der Waals surface area contributed by atoms with Gasteiger partial charge < -0.3 is 10.2 Å². The van der Waals surface area contributed by atoms with Gasteiger partial charge in [-0.3, -0.25) is 9.59 Å². The van der Waals surface area contributed by atoms with Gasteiger partial charge in [-0.2, -0.15) is 0 Å². The number of aryl methyl sites for hydroxylation is 1. The Hall–Kier alpha value is -2.33. The third-order valence-electron chi connectivity index (χ3n) is 4.27. The fraction of sp³-hybridized carbons (Fsp3) is 0.263. The Kier molecular flexibility index (Phi) is 4.86. The Bertz CT molecular complexity index is 761. The number of hydrogen-bond donors (Lipinski definition) is 1. The second-order valence-electron chi connectivity index (χ2n) is 6.04. The number of anilines is 1. The van der Waals surface area contributed by atoms with E-state index in [1.807, 2.05) is 49.4 Å². The third kappa shape index (κ3) is 3.60. The zero-order valence-corrected chi connectivity index (χ0v) is 14.2. The predicted octanol–water partition coefficient (Wildman–Crippen LogP) is 3.32. The van der Waals surface area contributed by atoms with Crippen LogP contribution in [0.1, 0.15) is 17.5 Å². The highest BCUT2D eigenvalue weighted by Crippen LogP contribution is 2.28. The van der Waals surface area contributed by atoms with Gasteiger partial charge in [-0.15, -0.1) is 0 Å². The molecule has 2 aromatic carbocycles. The van der Waals surface area contributed by atoms with Crippen LogP contribution in [-0.2, 0) is 16.1 Å². The van der Waals surface area contributed by atoms with E-state index in [2.05, 4.69) is 5.32 Å². The predicted molar refractivity (Wildman–Crippen MR) is 94.9 cm³/mol. The van der Waals surface area contributed by atoms with E-state index in [0.29, 0.717) is 18.1 Å². The van der Waals surface area contributed by atoms with Crippen molar-refractivity contribution >= 4 is 29.1 Å². The molecule has 0 spiro atoms. The van der Waals surface area contributed by atoms with Crippen molar-refractivity contribution in [1.82, 2.24) is 5.32 Å². The van der Waals surface area contributed by atoms with E-state index in [4.69, 9.17) is 11.6 Å². The van der Waals surface area contributed by atoms with Crippen molar-refractivity contribution in [2.24, 2.45) is 5.92 Å². The molecule has 0 saturated carbocycles. The average molecular weight is 343 g/mol. The number of amides is 2. The highest BCUT2D eigenvalue weighted by Gasteiger charge is 2.35. The van der Waals surface area contributed by atoms with Gasteiger partial charge in [0.2, 0.25) is 11.8 Å². The summed E-state index contributed by atoms with van der Waals surface area (Å²) in [4.78, 5) is 26.2. The minimum Gasteiger partial charge on any atom is -0.352 e. The first kappa shape index (κ1) is 16.5. The van der Waals surface area contributed by atoms with Crippen LogP contribution in [0.25, 0.3) is 0 Å². The lowest BCUT2D eigenvalue weighted by Crippen LogP contribution is -2.32. The fourth-order valence-electron chi connectivity index (χ4n) is 2.81. The highest BCUT2D eigenvalue weighted by atomic mass is 35.5. The third-order valence-corrected chi connectivity index (χ3v) is 4.68. The maximum atomic E-state index is 12.3. The van der Waals surface area contributed by atoms with Crippen LogP contribution in [0.5, 0.6) is 0 Å². The summed E-state index contributed by atoms with van der Waals surface area (Å²) >= 11 is 6.14. The topological polar surface area (TPSA) is 49.4 Å². The maximum Gasteiger partial charge on any atom is 0.227 e. The molecule has 1 aliphatic heterocycles. The van der Waals surface area contributed by atoms with Crippen LogP contribution in [0.15, 0.2) is 48.5 Å². The number of carbonyl (C=O) groups excluding carboxylic acids is 2. The number of nitrogens with zero attached hydrogens (tertiary/aromatic N) is 1. The van der Waals surface area contributed by atoms with Crippen molar-refractivity contribution in [3.63, 3.8) is 0 Å². The standard InChI is InChI=1S/C19H19ClN2O2/c1-13-7-8-16(10-17(13)20)22-12-15(9-18(22)23)19(24)21-11-14-5-3-2-4-6-14/h2-8,10,15H,9,11-12H2,1H3,(H,21,24). The van der Waals surface area contributed by atoms with Gasteiger partial charge in [-0.05, 0) is 30.2 Å². The molecule has 124 valence electrons. The molecule has 1 aliphatic rings. The number of hydrogen-bond acceptors (Lipinski definition) is 2. The molecule has 0 aromatic heterocycles. The molecule has 0 radical (unpaired) electrons. The van der Waals surface area contributed by atoms with Crippen LogP contribution >= 0.6 is 11.6 Å². The number of nitrogens with one attached hydrogen (secondary N) is 1. The summed E-state index contributed by atoms with van der Waals surface area (Å²) in [6.07, 6.45) is 0.228. The number of halogens is 1. The molecular formula is C19H19ClN2O2. The van der Waals surface area contributed by atoms with Crippen molar-refractivity contribution in [2.45, 2.75) is 19.9 Å². The van der Waals surface area contributed by atoms with E-state index in [1.54, 1.807) is 11.0 Å². The maximum absolute atomic E-state index is 12.3. The van der Waals surface area contributed by atoms with E-state index < -0.39 is 0 Å². The second kappa shape index (κ2) is 7.05. The zero-order chi connectivity index (χ0) is 17.1. The molecule has 1 unspecified atom stereocenters. The van der Waals surface area contributed by atoms with E-state index >= 15 is 0 Å². The monoisotopic (exact) mass is 342 g/mol. The molecule has 0 bridgehead atoms. The Morgan fingerprint density at radius 2 is 2.00 bits per heavy atom. The van der Waals surface area contributed by atoms with Crippen molar-refractivity contribution in [1.29, 1.82) is 0 Å². The summed E-state index contributed by atoms with van der Waals surface area (Å²) in [5.74, 6) is -0.469. The van der Waals surface area contributed by atoms with Crippen molar-refractivity contribution < 1.29 is 9.59 Å². The molecule has 1 N–H and O–H groups in total. The largest absolute Gasteiger partial charge is 0.352 e.